The molecule has 1 N–H and O–H groups in total. The molecule has 2 bridgehead atoms. The first-order valence-corrected chi connectivity index (χ1v) is 12.1. The monoisotopic (exact) mass is 486 g/mol. The lowest BCUT2D eigenvalue weighted by Crippen LogP contribution is -2.52. The zero-order valence-electron chi connectivity index (χ0n) is 19.5. The van der Waals surface area contributed by atoms with Crippen LogP contribution in [-0.4, -0.2) is 34.8 Å². The van der Waals surface area contributed by atoms with Gasteiger partial charge in [-0.15, -0.1) is 0 Å². The molecule has 1 aliphatic carbocycles. The second-order valence-electron chi connectivity index (χ2n) is 9.96. The normalized spacial score (nSPS) is 24.2. The molecule has 2 heterocycles. The Morgan fingerprint density at radius 1 is 1.00 bits per heavy atom. The Hall–Kier alpha value is -3.76. The Morgan fingerprint density at radius 2 is 1.53 bits per heavy atom. The van der Waals surface area contributed by atoms with Gasteiger partial charge in [0.1, 0.15) is 29.9 Å². The van der Waals surface area contributed by atoms with Crippen LogP contribution >= 0.6 is 0 Å². The minimum Gasteiger partial charge on any atom is -0.448 e. The Labute approximate surface area is 207 Å². The number of nitrogens with zero attached hydrogens (tertiary/aromatic N) is 2. The first-order valence-electron chi connectivity index (χ1n) is 12.1. The molecule has 0 saturated carbocycles. The van der Waals surface area contributed by atoms with Crippen LogP contribution in [0.15, 0.2) is 60.7 Å². The number of carbonyl (C=O) groups excluding carboxylic acids is 1. The number of carbonyl (C=O) groups is 1. The zero-order chi connectivity index (χ0) is 25.0. The molecule has 0 aromatic heterocycles. The number of hydrogen-bond donors (Lipinski definition) is 1. The summed E-state index contributed by atoms with van der Waals surface area (Å²) < 4.78 is 34.4. The molecule has 2 unspecified atom stereocenters. The number of hydrogen-bond acceptors (Lipinski definition) is 4. The number of fused-ring (bicyclic) bond motifs is 5. The average molecular weight is 487 g/mol. The van der Waals surface area contributed by atoms with Crippen LogP contribution in [0, 0.1) is 23.0 Å². The van der Waals surface area contributed by atoms with Crippen LogP contribution < -0.4 is 0 Å². The highest BCUT2D eigenvalue weighted by atomic mass is 19.1. The van der Waals surface area contributed by atoms with E-state index in [2.05, 4.69) is 24.3 Å². The fourth-order valence-corrected chi connectivity index (χ4v) is 6.38. The number of halogens is 2. The number of benzene rings is 3. The van der Waals surface area contributed by atoms with E-state index in [0.717, 1.165) is 34.4 Å². The van der Waals surface area contributed by atoms with Crippen molar-refractivity contribution < 1.29 is 23.4 Å². The van der Waals surface area contributed by atoms with Crippen LogP contribution in [0.4, 0.5) is 13.6 Å². The molecule has 3 aromatic rings. The minimum atomic E-state index is -1.48. The van der Waals surface area contributed by atoms with E-state index in [4.69, 9.17) is 10.00 Å². The van der Waals surface area contributed by atoms with Gasteiger partial charge in [-0.2, -0.15) is 5.26 Å². The Kier molecular flexibility index (Phi) is 5.31. The lowest BCUT2D eigenvalue weighted by Gasteiger charge is -2.43. The summed E-state index contributed by atoms with van der Waals surface area (Å²) in [6.07, 6.45) is 1.23. The maximum absolute atomic E-state index is 14.3. The van der Waals surface area contributed by atoms with Gasteiger partial charge in [-0.1, -0.05) is 48.5 Å². The maximum atomic E-state index is 14.3. The highest BCUT2D eigenvalue weighted by molar-refractivity contribution is 5.79. The molecule has 5 nitrogen and oxygen atoms in total. The smallest absolute Gasteiger partial charge is 0.410 e. The quantitative estimate of drug-likeness (QED) is 0.523. The first kappa shape index (κ1) is 22.7. The predicted molar refractivity (Wildman–Crippen MR) is 128 cm³/mol. The number of ether oxygens (including phenoxy) is 1. The van der Waals surface area contributed by atoms with Crippen molar-refractivity contribution in [3.8, 4) is 17.2 Å². The molecule has 3 aromatic carbocycles. The highest BCUT2D eigenvalue weighted by Gasteiger charge is 2.51. The van der Waals surface area contributed by atoms with Gasteiger partial charge in [0, 0.05) is 30.8 Å². The third-order valence-electron chi connectivity index (χ3n) is 8.00. The van der Waals surface area contributed by atoms with Crippen molar-refractivity contribution >= 4 is 6.09 Å². The molecule has 2 aliphatic heterocycles. The molecular formula is C29H24F2N2O3. The summed E-state index contributed by atoms with van der Waals surface area (Å²) >= 11 is 0. The molecule has 182 valence electrons. The van der Waals surface area contributed by atoms with Crippen molar-refractivity contribution in [1.82, 2.24) is 4.90 Å². The highest BCUT2D eigenvalue weighted by Crippen LogP contribution is 2.47. The lowest BCUT2D eigenvalue weighted by atomic mass is 9.80. The van der Waals surface area contributed by atoms with Gasteiger partial charge in [0.2, 0.25) is 0 Å². The fourth-order valence-electron chi connectivity index (χ4n) is 6.38. The van der Waals surface area contributed by atoms with Gasteiger partial charge in [-0.3, -0.25) is 0 Å². The third-order valence-corrected chi connectivity index (χ3v) is 8.00. The lowest BCUT2D eigenvalue weighted by molar-refractivity contribution is -0.0534. The fraction of sp³-hybridized carbons (Fsp3) is 0.310. The Morgan fingerprint density at radius 3 is 2.06 bits per heavy atom. The van der Waals surface area contributed by atoms with Crippen LogP contribution in [0.25, 0.3) is 11.1 Å². The minimum absolute atomic E-state index is 0.0506. The van der Waals surface area contributed by atoms with Crippen LogP contribution in [0.3, 0.4) is 0 Å². The molecule has 6 rings (SSSR count). The van der Waals surface area contributed by atoms with Gasteiger partial charge in [-0.05, 0) is 52.8 Å². The van der Waals surface area contributed by atoms with Gasteiger partial charge < -0.3 is 14.7 Å². The SMILES string of the molecule is N#Cc1c(F)cc(C2(O)CC3CCC(C2)N3C(=O)OCC2c3ccccc3-c3ccccc32)cc1F. The summed E-state index contributed by atoms with van der Waals surface area (Å²) in [5, 5.41) is 20.3. The van der Waals surface area contributed by atoms with Gasteiger partial charge >= 0.3 is 6.09 Å². The summed E-state index contributed by atoms with van der Waals surface area (Å²) in [7, 11) is 0. The number of piperidine rings is 1. The largest absolute Gasteiger partial charge is 0.448 e. The van der Waals surface area contributed by atoms with Crippen molar-refractivity contribution in [3.63, 3.8) is 0 Å². The number of rotatable bonds is 3. The summed E-state index contributed by atoms with van der Waals surface area (Å²) in [5.41, 5.74) is 2.52. The van der Waals surface area contributed by atoms with Crippen molar-refractivity contribution in [2.75, 3.05) is 6.61 Å². The first-order chi connectivity index (χ1) is 17.4. The average Bonchev–Trinajstić information content (AvgIpc) is 3.34. The predicted octanol–water partition coefficient (Wildman–Crippen LogP) is 5.60. The molecule has 36 heavy (non-hydrogen) atoms. The van der Waals surface area contributed by atoms with Gasteiger partial charge in [0.15, 0.2) is 0 Å². The van der Waals surface area contributed by atoms with Gasteiger partial charge in [-0.25, -0.2) is 13.6 Å². The van der Waals surface area contributed by atoms with Crippen molar-refractivity contribution in [2.24, 2.45) is 0 Å². The van der Waals surface area contributed by atoms with Crippen molar-refractivity contribution in [3.05, 3.63) is 94.6 Å². The summed E-state index contributed by atoms with van der Waals surface area (Å²) in [5.74, 6) is -2.04. The standard InChI is InChI=1S/C29H24F2N2O3/c30-26-11-17(12-27(31)24(26)15-32)29(35)13-18-9-10-19(14-29)33(18)28(34)36-16-25-22-7-3-1-5-20(22)21-6-2-4-8-23(21)25/h1-8,11-12,18-19,25,35H,9-10,13-14,16H2. The molecule has 2 saturated heterocycles. The van der Waals surface area contributed by atoms with E-state index in [1.165, 1.54) is 6.07 Å². The topological polar surface area (TPSA) is 73.6 Å². The summed E-state index contributed by atoms with van der Waals surface area (Å²) in [6, 6.07) is 19.2. The summed E-state index contributed by atoms with van der Waals surface area (Å²) in [4.78, 5) is 14.9. The van der Waals surface area contributed by atoms with E-state index in [1.54, 1.807) is 4.90 Å². The van der Waals surface area contributed by atoms with E-state index >= 15 is 0 Å². The zero-order valence-corrected chi connectivity index (χ0v) is 19.5. The van der Waals surface area contributed by atoms with E-state index < -0.39 is 28.9 Å². The molecule has 0 spiro atoms. The number of nitriles is 1. The molecule has 2 fully saturated rings. The van der Waals surface area contributed by atoms with Gasteiger partial charge in [0.05, 0.1) is 5.60 Å². The molecule has 0 radical (unpaired) electrons. The molecule has 2 atom stereocenters. The van der Waals surface area contributed by atoms with Crippen molar-refractivity contribution in [2.45, 2.75) is 49.3 Å². The second kappa shape index (κ2) is 8.42. The number of aliphatic hydroxyl groups is 1. The van der Waals surface area contributed by atoms with Crippen LogP contribution in [0.5, 0.6) is 0 Å². The second-order valence-corrected chi connectivity index (χ2v) is 9.96. The van der Waals surface area contributed by atoms with Crippen LogP contribution in [0.1, 0.15) is 53.9 Å². The summed E-state index contributed by atoms with van der Waals surface area (Å²) in [6.45, 7) is 0.207. The number of amides is 1. The molecular weight excluding hydrogens is 462 g/mol. The van der Waals surface area contributed by atoms with Crippen LogP contribution in [0.2, 0.25) is 0 Å². The van der Waals surface area contributed by atoms with E-state index in [0.29, 0.717) is 12.8 Å². The molecule has 3 aliphatic rings. The third kappa shape index (κ3) is 3.48. The van der Waals surface area contributed by atoms with E-state index in [9.17, 15) is 18.7 Å². The Bertz CT molecular complexity index is 1330. The molecule has 1 amide bonds. The van der Waals surface area contributed by atoms with E-state index in [1.807, 2.05) is 24.3 Å². The van der Waals surface area contributed by atoms with Crippen molar-refractivity contribution in [1.29, 1.82) is 5.26 Å². The van der Waals surface area contributed by atoms with E-state index in [-0.39, 0.29) is 43.0 Å². The van der Waals surface area contributed by atoms with Crippen LogP contribution in [-0.2, 0) is 10.3 Å². The Balaban J connectivity index is 1.19. The van der Waals surface area contributed by atoms with Gasteiger partial charge in [0.25, 0.3) is 0 Å². The maximum Gasteiger partial charge on any atom is 0.410 e. The molecule has 7 heteroatoms.